The summed E-state index contributed by atoms with van der Waals surface area (Å²) in [6, 6.07) is 22.2. The Kier molecular flexibility index (Phi) is 9.18. The van der Waals surface area contributed by atoms with Crippen molar-refractivity contribution in [1.82, 2.24) is 14.9 Å². The van der Waals surface area contributed by atoms with E-state index in [1.807, 2.05) is 30.3 Å². The molecule has 0 N–H and O–H groups in total. The molecule has 42 heavy (non-hydrogen) atoms. The van der Waals surface area contributed by atoms with Crippen LogP contribution in [0.5, 0.6) is 11.5 Å². The number of methoxy groups -OCH3 is 2. The number of likely N-dealkylation sites (N-methyl/N-ethyl adjacent to an activating group) is 1. The van der Waals surface area contributed by atoms with Crippen LogP contribution in [-0.4, -0.2) is 68.1 Å². The normalized spacial score (nSPS) is 14.5. The van der Waals surface area contributed by atoms with Gasteiger partial charge < -0.3 is 19.3 Å². The second kappa shape index (κ2) is 13.2. The molecule has 2 heterocycles. The number of rotatable bonds is 10. The third kappa shape index (κ3) is 6.63. The molecule has 1 aromatic heterocycles. The Morgan fingerprint density at radius 2 is 1.62 bits per heavy atom. The van der Waals surface area contributed by atoms with E-state index in [0.29, 0.717) is 35.9 Å². The smallest absolute Gasteiger partial charge is 0.150 e. The van der Waals surface area contributed by atoms with Crippen molar-refractivity contribution in [2.75, 3.05) is 52.3 Å². The maximum atomic E-state index is 14.2. The molecule has 7 heteroatoms. The van der Waals surface area contributed by atoms with Gasteiger partial charge in [0.25, 0.3) is 0 Å². The Balaban J connectivity index is 1.45. The molecular formula is C35H40N4O3. The van der Waals surface area contributed by atoms with Crippen LogP contribution in [0.15, 0.2) is 72.9 Å². The van der Waals surface area contributed by atoms with E-state index >= 15 is 0 Å². The lowest BCUT2D eigenvalue weighted by molar-refractivity contribution is -0.119. The fourth-order valence-electron chi connectivity index (χ4n) is 5.69. The number of piperazine rings is 1. The van der Waals surface area contributed by atoms with Gasteiger partial charge in [0, 0.05) is 62.5 Å². The number of Topliss-reactive ketones (excluding diaryl/α,β-unsaturated/α-hetero) is 1. The summed E-state index contributed by atoms with van der Waals surface area (Å²) in [4.78, 5) is 28.5. The molecule has 1 atom stereocenters. The van der Waals surface area contributed by atoms with E-state index in [1.54, 1.807) is 20.4 Å². The first-order chi connectivity index (χ1) is 20.4. The minimum absolute atomic E-state index is 0.0528. The molecule has 3 aromatic carbocycles. The number of benzene rings is 3. The number of aryl methyl sites for hydroxylation is 2. The molecule has 1 aliphatic heterocycles. The van der Waals surface area contributed by atoms with Crippen LogP contribution in [0.3, 0.4) is 0 Å². The van der Waals surface area contributed by atoms with Crippen molar-refractivity contribution in [2.45, 2.75) is 32.6 Å². The number of aromatic nitrogens is 2. The molecule has 0 bridgehead atoms. The Labute approximate surface area is 249 Å². The van der Waals surface area contributed by atoms with Gasteiger partial charge in [0.2, 0.25) is 0 Å². The van der Waals surface area contributed by atoms with Crippen LogP contribution < -0.4 is 14.4 Å². The zero-order valence-corrected chi connectivity index (χ0v) is 25.3. The summed E-state index contributed by atoms with van der Waals surface area (Å²) >= 11 is 0. The van der Waals surface area contributed by atoms with Crippen LogP contribution >= 0.6 is 0 Å². The van der Waals surface area contributed by atoms with Crippen LogP contribution in [0.4, 0.5) is 5.69 Å². The van der Waals surface area contributed by atoms with Gasteiger partial charge in [-0.2, -0.15) is 0 Å². The van der Waals surface area contributed by atoms with Crippen LogP contribution in [0.25, 0.3) is 0 Å². The number of anilines is 1. The molecular weight excluding hydrogens is 524 g/mol. The summed E-state index contributed by atoms with van der Waals surface area (Å²) in [6.07, 6.45) is 2.63. The Morgan fingerprint density at radius 1 is 0.905 bits per heavy atom. The number of ketones is 1. The average Bonchev–Trinajstić information content (AvgIpc) is 3.00. The van der Waals surface area contributed by atoms with Crippen LogP contribution in [0.2, 0.25) is 0 Å². The lowest BCUT2D eigenvalue weighted by atomic mass is 9.85. The fourth-order valence-corrected chi connectivity index (χ4v) is 5.69. The minimum atomic E-state index is -0.619. The van der Waals surface area contributed by atoms with Crippen molar-refractivity contribution >= 4 is 11.5 Å². The average molecular weight is 565 g/mol. The summed E-state index contributed by atoms with van der Waals surface area (Å²) < 4.78 is 11.2. The summed E-state index contributed by atoms with van der Waals surface area (Å²) in [6.45, 7) is 8.32. The van der Waals surface area contributed by atoms with Gasteiger partial charge in [0.05, 0.1) is 25.8 Å². The molecule has 0 aliphatic carbocycles. The highest BCUT2D eigenvalue weighted by molar-refractivity contribution is 5.91. The molecule has 1 aliphatic rings. The molecule has 7 nitrogen and oxygen atoms in total. The third-order valence-corrected chi connectivity index (χ3v) is 8.26. The van der Waals surface area contributed by atoms with Crippen molar-refractivity contribution in [3.63, 3.8) is 0 Å². The van der Waals surface area contributed by atoms with Gasteiger partial charge in [-0.3, -0.25) is 4.79 Å². The third-order valence-electron chi connectivity index (χ3n) is 8.26. The van der Waals surface area contributed by atoms with Gasteiger partial charge in [-0.05, 0) is 67.4 Å². The van der Waals surface area contributed by atoms with Gasteiger partial charge >= 0.3 is 0 Å². The number of ether oxygens (including phenoxy) is 2. The molecule has 0 radical (unpaired) electrons. The monoisotopic (exact) mass is 564 g/mol. The highest BCUT2D eigenvalue weighted by atomic mass is 16.5. The van der Waals surface area contributed by atoms with E-state index in [0.717, 1.165) is 54.0 Å². The van der Waals surface area contributed by atoms with Crippen LogP contribution in [-0.2, 0) is 17.6 Å². The van der Waals surface area contributed by atoms with Gasteiger partial charge in [-0.15, -0.1) is 0 Å². The SMILES string of the molecule is COc1ccc(C(C(=O)Cc2c(C)cccc2C)c2ccnc(Cc3ccc(N4CCN(C)CC4)cc3)n2)c(OC)c1. The summed E-state index contributed by atoms with van der Waals surface area (Å²) in [5.74, 6) is 1.37. The van der Waals surface area contributed by atoms with E-state index in [4.69, 9.17) is 14.5 Å². The Hall–Kier alpha value is -4.23. The maximum Gasteiger partial charge on any atom is 0.150 e. The van der Waals surface area contributed by atoms with E-state index in [9.17, 15) is 4.79 Å². The molecule has 0 spiro atoms. The predicted molar refractivity (Wildman–Crippen MR) is 167 cm³/mol. The molecule has 0 saturated carbocycles. The standard InChI is InChI=1S/C35H40N4O3/c1-24-7-6-8-25(2)30(24)23-32(40)35(29-14-13-28(41-4)22-33(29)42-5)31-15-16-36-34(37-31)21-26-9-11-27(12-10-26)39-19-17-38(3)18-20-39/h6-16,22,35H,17-21,23H2,1-5H3. The van der Waals surface area contributed by atoms with Gasteiger partial charge in [0.15, 0.2) is 5.78 Å². The van der Waals surface area contributed by atoms with Crippen LogP contribution in [0, 0.1) is 13.8 Å². The number of hydrogen-bond donors (Lipinski definition) is 0. The molecule has 1 saturated heterocycles. The van der Waals surface area contributed by atoms with Crippen molar-refractivity contribution in [3.8, 4) is 11.5 Å². The zero-order valence-electron chi connectivity index (χ0n) is 25.3. The zero-order chi connectivity index (χ0) is 29.6. The van der Waals surface area contributed by atoms with Gasteiger partial charge in [-0.25, -0.2) is 9.97 Å². The highest BCUT2D eigenvalue weighted by Gasteiger charge is 2.29. The maximum absolute atomic E-state index is 14.2. The number of carbonyl (C=O) groups is 1. The largest absolute Gasteiger partial charge is 0.497 e. The second-order valence-electron chi connectivity index (χ2n) is 11.1. The lowest BCUT2D eigenvalue weighted by Crippen LogP contribution is -2.44. The van der Waals surface area contributed by atoms with E-state index in [2.05, 4.69) is 72.1 Å². The Bertz CT molecular complexity index is 1510. The highest BCUT2D eigenvalue weighted by Crippen LogP contribution is 2.36. The van der Waals surface area contributed by atoms with Crippen molar-refractivity contribution in [3.05, 3.63) is 112 Å². The molecule has 0 amide bonds. The summed E-state index contributed by atoms with van der Waals surface area (Å²) in [7, 11) is 5.40. The quantitative estimate of drug-likeness (QED) is 0.256. The van der Waals surface area contributed by atoms with E-state index in [-0.39, 0.29) is 5.78 Å². The number of nitrogens with zero attached hydrogens (tertiary/aromatic N) is 4. The fraction of sp³-hybridized carbons (Fsp3) is 0.343. The number of hydrogen-bond acceptors (Lipinski definition) is 7. The summed E-state index contributed by atoms with van der Waals surface area (Å²) in [5.41, 5.74) is 7.05. The van der Waals surface area contributed by atoms with E-state index in [1.165, 1.54) is 5.69 Å². The first-order valence-electron chi connectivity index (χ1n) is 14.5. The Morgan fingerprint density at radius 3 is 2.29 bits per heavy atom. The molecule has 218 valence electrons. The topological polar surface area (TPSA) is 67.8 Å². The molecule has 1 unspecified atom stereocenters. The lowest BCUT2D eigenvalue weighted by Gasteiger charge is -2.34. The molecule has 5 rings (SSSR count). The second-order valence-corrected chi connectivity index (χ2v) is 11.1. The van der Waals surface area contributed by atoms with Crippen molar-refractivity contribution < 1.29 is 14.3 Å². The van der Waals surface area contributed by atoms with Gasteiger partial charge in [0.1, 0.15) is 17.3 Å². The number of carbonyl (C=O) groups excluding carboxylic acids is 1. The first kappa shape index (κ1) is 29.3. The predicted octanol–water partition coefficient (Wildman–Crippen LogP) is 5.40. The molecule has 1 fully saturated rings. The molecule has 4 aromatic rings. The van der Waals surface area contributed by atoms with Crippen LogP contribution in [0.1, 0.15) is 45.3 Å². The van der Waals surface area contributed by atoms with E-state index < -0.39 is 5.92 Å². The van der Waals surface area contributed by atoms with Crippen molar-refractivity contribution in [1.29, 1.82) is 0 Å². The minimum Gasteiger partial charge on any atom is -0.497 e. The van der Waals surface area contributed by atoms with Gasteiger partial charge in [-0.1, -0.05) is 36.4 Å². The summed E-state index contributed by atoms with van der Waals surface area (Å²) in [5, 5.41) is 0. The first-order valence-corrected chi connectivity index (χ1v) is 14.5. The van der Waals surface area contributed by atoms with Crippen molar-refractivity contribution in [2.24, 2.45) is 0 Å².